The van der Waals surface area contributed by atoms with Crippen LogP contribution in [0.1, 0.15) is 13.3 Å². The summed E-state index contributed by atoms with van der Waals surface area (Å²) in [5.41, 5.74) is 0. The summed E-state index contributed by atoms with van der Waals surface area (Å²) in [6, 6.07) is 0. The molecule has 0 aromatic rings. The highest BCUT2D eigenvalue weighted by atomic mass is 32.2. The van der Waals surface area contributed by atoms with E-state index < -0.39 is 16.2 Å². The summed E-state index contributed by atoms with van der Waals surface area (Å²) in [6.45, 7) is 5.18. The van der Waals surface area contributed by atoms with Gasteiger partial charge in [-0.1, -0.05) is 25.2 Å². The van der Waals surface area contributed by atoms with E-state index in [9.17, 15) is 8.42 Å². The molecule has 0 aromatic heterocycles. The zero-order chi connectivity index (χ0) is 14.3. The number of rotatable bonds is 8. The minimum Gasteiger partial charge on any atom is -0.394 e. The lowest BCUT2D eigenvalue weighted by molar-refractivity contribution is 0.00113. The van der Waals surface area contributed by atoms with Crippen molar-refractivity contribution in [2.24, 2.45) is 5.92 Å². The maximum absolute atomic E-state index is 11.9. The van der Waals surface area contributed by atoms with Crippen molar-refractivity contribution in [3.8, 4) is 0 Å². The van der Waals surface area contributed by atoms with E-state index in [1.807, 2.05) is 13.0 Å². The molecule has 5 nitrogen and oxygen atoms in total. The molecule has 0 bridgehead atoms. The summed E-state index contributed by atoms with van der Waals surface area (Å²) in [5, 5.41) is 9.03. The molecule has 0 heterocycles. The van der Waals surface area contributed by atoms with Crippen LogP contribution in [0.15, 0.2) is 35.8 Å². The van der Waals surface area contributed by atoms with Gasteiger partial charge < -0.3 is 9.84 Å². The van der Waals surface area contributed by atoms with Crippen LogP contribution in [0.5, 0.6) is 0 Å². The van der Waals surface area contributed by atoms with Gasteiger partial charge in [0.1, 0.15) is 6.10 Å². The van der Waals surface area contributed by atoms with E-state index in [1.54, 1.807) is 12.2 Å². The Labute approximate surface area is 114 Å². The van der Waals surface area contributed by atoms with Gasteiger partial charge in [0.25, 0.3) is 10.1 Å². The Morgan fingerprint density at radius 3 is 2.89 bits per heavy atom. The lowest BCUT2D eigenvalue weighted by Gasteiger charge is -2.16. The fourth-order valence-corrected chi connectivity index (χ4v) is 2.50. The molecule has 0 saturated heterocycles. The summed E-state index contributed by atoms with van der Waals surface area (Å²) < 4.78 is 33.8. The van der Waals surface area contributed by atoms with Gasteiger partial charge in [-0.25, -0.2) is 0 Å². The quantitative estimate of drug-likeness (QED) is 0.539. The van der Waals surface area contributed by atoms with Crippen LogP contribution in [0, 0.1) is 5.92 Å². The Morgan fingerprint density at radius 2 is 2.37 bits per heavy atom. The predicted octanol–water partition coefficient (Wildman–Crippen LogP) is 1.38. The second kappa shape index (κ2) is 7.59. The van der Waals surface area contributed by atoms with E-state index in [4.69, 9.17) is 14.0 Å². The maximum Gasteiger partial charge on any atom is 0.296 e. The average molecular weight is 288 g/mol. The molecule has 0 spiro atoms. The van der Waals surface area contributed by atoms with Crippen molar-refractivity contribution in [3.63, 3.8) is 0 Å². The Kier molecular flexibility index (Phi) is 6.44. The Balaban J connectivity index is 2.55. The zero-order valence-electron chi connectivity index (χ0n) is 11.0. The fourth-order valence-electron chi connectivity index (χ4n) is 1.48. The summed E-state index contributed by atoms with van der Waals surface area (Å²) >= 11 is 0. The van der Waals surface area contributed by atoms with Crippen LogP contribution in [-0.4, -0.2) is 39.4 Å². The number of ether oxygens (including phenoxy) is 1. The van der Waals surface area contributed by atoms with Crippen LogP contribution in [0.25, 0.3) is 0 Å². The Hall–Kier alpha value is -0.950. The third-order valence-electron chi connectivity index (χ3n) is 2.63. The van der Waals surface area contributed by atoms with Crippen LogP contribution >= 0.6 is 0 Å². The van der Waals surface area contributed by atoms with E-state index >= 15 is 0 Å². The minimum absolute atomic E-state index is 0.158. The Morgan fingerprint density at radius 1 is 1.63 bits per heavy atom. The first-order chi connectivity index (χ1) is 8.99. The van der Waals surface area contributed by atoms with Crippen molar-refractivity contribution < 1.29 is 22.4 Å². The highest BCUT2D eigenvalue weighted by Crippen LogP contribution is 2.21. The second-order valence-electron chi connectivity index (χ2n) is 4.34. The van der Waals surface area contributed by atoms with Gasteiger partial charge in [-0.2, -0.15) is 8.42 Å². The number of hydrogen-bond donors (Lipinski definition) is 1. The molecule has 19 heavy (non-hydrogen) atoms. The van der Waals surface area contributed by atoms with Crippen LogP contribution in [0.4, 0.5) is 0 Å². The molecule has 1 rings (SSSR count). The van der Waals surface area contributed by atoms with Gasteiger partial charge in [0, 0.05) is 0 Å². The molecule has 6 heteroatoms. The van der Waals surface area contributed by atoms with Crippen molar-refractivity contribution in [2.45, 2.75) is 19.4 Å². The largest absolute Gasteiger partial charge is 0.394 e. The van der Waals surface area contributed by atoms with Crippen LogP contribution in [0.3, 0.4) is 0 Å². The molecule has 2 unspecified atom stereocenters. The van der Waals surface area contributed by atoms with Gasteiger partial charge in [0.15, 0.2) is 0 Å². The third kappa shape index (κ3) is 5.28. The van der Waals surface area contributed by atoms with Crippen molar-refractivity contribution in [3.05, 3.63) is 35.8 Å². The van der Waals surface area contributed by atoms with Gasteiger partial charge in [0.05, 0.1) is 24.7 Å². The average Bonchev–Trinajstić information content (AvgIpc) is 2.39. The van der Waals surface area contributed by atoms with E-state index in [1.165, 1.54) is 6.08 Å². The van der Waals surface area contributed by atoms with Gasteiger partial charge in [-0.3, -0.25) is 4.18 Å². The van der Waals surface area contributed by atoms with Crippen molar-refractivity contribution >= 4 is 10.1 Å². The number of aliphatic hydroxyl groups is 1. The topological polar surface area (TPSA) is 72.8 Å². The van der Waals surface area contributed by atoms with Crippen molar-refractivity contribution in [1.82, 2.24) is 0 Å². The smallest absolute Gasteiger partial charge is 0.296 e. The molecule has 108 valence electrons. The molecule has 0 fully saturated rings. The van der Waals surface area contributed by atoms with Crippen molar-refractivity contribution in [1.29, 1.82) is 0 Å². The first kappa shape index (κ1) is 16.1. The van der Waals surface area contributed by atoms with E-state index in [-0.39, 0.29) is 24.7 Å². The van der Waals surface area contributed by atoms with E-state index in [0.29, 0.717) is 12.3 Å². The Bertz CT molecular complexity index is 450. The zero-order valence-corrected chi connectivity index (χ0v) is 11.8. The molecular formula is C13H20O5S. The third-order valence-corrected chi connectivity index (χ3v) is 3.96. The second-order valence-corrected chi connectivity index (χ2v) is 5.96. The highest BCUT2D eigenvalue weighted by Gasteiger charge is 2.21. The first-order valence-electron chi connectivity index (χ1n) is 6.10. The molecule has 2 atom stereocenters. The summed E-state index contributed by atoms with van der Waals surface area (Å²) in [7, 11) is -3.78. The van der Waals surface area contributed by atoms with Crippen LogP contribution in [-0.2, 0) is 19.0 Å². The molecule has 0 radical (unpaired) electrons. The van der Waals surface area contributed by atoms with Crippen LogP contribution in [0.2, 0.25) is 0 Å². The standard InChI is InChI=1S/C13H20O5S/c1-3-8-17-12(9-14)10-18-19(15,16)13-6-4-11(2)5-7-13/h3-4,6-7,11-12,14H,1,5,8-10H2,2H3. The monoisotopic (exact) mass is 288 g/mol. The SMILES string of the molecule is C=CCOC(CO)COS(=O)(=O)C1=CCC(C)C=C1. The summed E-state index contributed by atoms with van der Waals surface area (Å²) in [6.07, 6.45) is 6.52. The normalized spacial score (nSPS) is 20.9. The van der Waals surface area contributed by atoms with Gasteiger partial charge in [-0.05, 0) is 18.4 Å². The van der Waals surface area contributed by atoms with Gasteiger partial charge in [0.2, 0.25) is 0 Å². The first-order valence-corrected chi connectivity index (χ1v) is 7.51. The molecule has 1 aliphatic rings. The van der Waals surface area contributed by atoms with E-state index in [0.717, 1.165) is 0 Å². The molecule has 1 aliphatic carbocycles. The molecule has 0 saturated carbocycles. The lowest BCUT2D eigenvalue weighted by Crippen LogP contribution is -2.26. The summed E-state index contributed by atoms with van der Waals surface area (Å²) in [5.74, 6) is 0.333. The molecule has 0 aliphatic heterocycles. The van der Waals surface area contributed by atoms with Gasteiger partial charge in [-0.15, -0.1) is 6.58 Å². The molecule has 1 N–H and O–H groups in total. The number of allylic oxidation sites excluding steroid dienone is 3. The molecular weight excluding hydrogens is 268 g/mol. The number of aliphatic hydroxyl groups excluding tert-OH is 1. The number of hydrogen-bond acceptors (Lipinski definition) is 5. The lowest BCUT2D eigenvalue weighted by atomic mass is 10.0. The van der Waals surface area contributed by atoms with Crippen LogP contribution < -0.4 is 0 Å². The minimum atomic E-state index is -3.78. The molecule has 0 aromatic carbocycles. The van der Waals surface area contributed by atoms with E-state index in [2.05, 4.69) is 6.58 Å². The predicted molar refractivity (Wildman–Crippen MR) is 72.9 cm³/mol. The highest BCUT2D eigenvalue weighted by molar-refractivity contribution is 7.90. The molecule has 0 amide bonds. The van der Waals surface area contributed by atoms with Crippen molar-refractivity contribution in [2.75, 3.05) is 19.8 Å². The van der Waals surface area contributed by atoms with Gasteiger partial charge >= 0.3 is 0 Å². The fraction of sp³-hybridized carbons (Fsp3) is 0.538. The summed E-state index contributed by atoms with van der Waals surface area (Å²) in [4.78, 5) is 0.158. The maximum atomic E-state index is 11.9.